The van der Waals surface area contributed by atoms with Gasteiger partial charge in [-0.15, -0.1) is 0 Å². The summed E-state index contributed by atoms with van der Waals surface area (Å²) in [5.74, 6) is 0.705. The minimum atomic E-state index is -0.298. The average Bonchev–Trinajstić information content (AvgIpc) is 2.56. The Labute approximate surface area is 140 Å². The van der Waals surface area contributed by atoms with Gasteiger partial charge in [0.25, 0.3) is 0 Å². The predicted octanol–water partition coefficient (Wildman–Crippen LogP) is 4.45. The highest BCUT2D eigenvalue weighted by atomic mass is 35.5. The van der Waals surface area contributed by atoms with Gasteiger partial charge in [-0.3, -0.25) is 0 Å². The van der Waals surface area contributed by atoms with Crippen LogP contribution >= 0.6 is 11.6 Å². The van der Waals surface area contributed by atoms with Crippen molar-refractivity contribution in [1.82, 2.24) is 0 Å². The summed E-state index contributed by atoms with van der Waals surface area (Å²) in [6.07, 6.45) is 1.96. The third-order valence-corrected chi connectivity index (χ3v) is 4.73. The SMILES string of the molecule is COc1cc(N2CCC(c3ccc(Cl)cc3)CC2)c(F)cc1N. The number of benzene rings is 2. The van der Waals surface area contributed by atoms with E-state index in [1.165, 1.54) is 11.6 Å². The Hall–Kier alpha value is -1.94. The van der Waals surface area contributed by atoms with E-state index in [0.29, 0.717) is 23.0 Å². The Balaban J connectivity index is 1.73. The molecule has 0 radical (unpaired) electrons. The van der Waals surface area contributed by atoms with Gasteiger partial charge in [0.2, 0.25) is 0 Å². The maximum Gasteiger partial charge on any atom is 0.148 e. The topological polar surface area (TPSA) is 38.5 Å². The number of hydrogen-bond acceptors (Lipinski definition) is 3. The van der Waals surface area contributed by atoms with Gasteiger partial charge in [0.05, 0.1) is 18.5 Å². The number of hydrogen-bond donors (Lipinski definition) is 1. The van der Waals surface area contributed by atoms with Crippen molar-refractivity contribution < 1.29 is 9.13 Å². The number of nitrogens with zero attached hydrogens (tertiary/aromatic N) is 1. The van der Waals surface area contributed by atoms with Crippen molar-refractivity contribution in [3.05, 3.63) is 52.8 Å². The summed E-state index contributed by atoms with van der Waals surface area (Å²) >= 11 is 5.94. The van der Waals surface area contributed by atoms with E-state index in [2.05, 4.69) is 17.0 Å². The molecular weight excluding hydrogens is 315 g/mol. The van der Waals surface area contributed by atoms with Gasteiger partial charge in [0.1, 0.15) is 11.6 Å². The van der Waals surface area contributed by atoms with Crippen LogP contribution in [0.3, 0.4) is 0 Å². The van der Waals surface area contributed by atoms with Gasteiger partial charge in [0.15, 0.2) is 0 Å². The van der Waals surface area contributed by atoms with Crippen molar-refractivity contribution in [2.24, 2.45) is 0 Å². The van der Waals surface area contributed by atoms with Gasteiger partial charge in [-0.1, -0.05) is 23.7 Å². The number of anilines is 2. The molecule has 2 aromatic rings. The molecule has 1 saturated heterocycles. The molecule has 0 aromatic heterocycles. The van der Waals surface area contributed by atoms with Crippen LogP contribution in [0.1, 0.15) is 24.3 Å². The molecule has 0 saturated carbocycles. The first-order chi connectivity index (χ1) is 11.1. The number of halogens is 2. The van der Waals surface area contributed by atoms with Crippen molar-refractivity contribution in [2.75, 3.05) is 30.8 Å². The van der Waals surface area contributed by atoms with Crippen molar-refractivity contribution in [1.29, 1.82) is 0 Å². The zero-order chi connectivity index (χ0) is 16.4. The third kappa shape index (κ3) is 3.37. The van der Waals surface area contributed by atoms with Gasteiger partial charge in [-0.05, 0) is 36.5 Å². The first-order valence-electron chi connectivity index (χ1n) is 7.72. The molecule has 2 N–H and O–H groups in total. The molecule has 0 spiro atoms. The molecule has 0 bridgehead atoms. The highest BCUT2D eigenvalue weighted by Gasteiger charge is 2.23. The van der Waals surface area contributed by atoms with Gasteiger partial charge >= 0.3 is 0 Å². The summed E-state index contributed by atoms with van der Waals surface area (Å²) in [6, 6.07) is 11.0. The van der Waals surface area contributed by atoms with Gasteiger partial charge < -0.3 is 15.4 Å². The lowest BCUT2D eigenvalue weighted by Gasteiger charge is -2.34. The van der Waals surface area contributed by atoms with Gasteiger partial charge in [0, 0.05) is 30.2 Å². The van der Waals surface area contributed by atoms with Gasteiger partial charge in [-0.2, -0.15) is 0 Å². The minimum absolute atomic E-state index is 0.298. The van der Waals surface area contributed by atoms with Crippen LogP contribution in [0, 0.1) is 5.82 Å². The molecule has 1 fully saturated rings. The summed E-state index contributed by atoms with van der Waals surface area (Å²) in [7, 11) is 1.54. The van der Waals surface area contributed by atoms with Gasteiger partial charge in [-0.25, -0.2) is 4.39 Å². The molecule has 122 valence electrons. The predicted molar refractivity (Wildman–Crippen MR) is 93.0 cm³/mol. The van der Waals surface area contributed by atoms with E-state index in [9.17, 15) is 4.39 Å². The third-order valence-electron chi connectivity index (χ3n) is 4.48. The zero-order valence-electron chi connectivity index (χ0n) is 13.1. The molecule has 0 amide bonds. The summed E-state index contributed by atoms with van der Waals surface area (Å²) in [5.41, 5.74) is 7.93. The number of nitrogen functional groups attached to an aromatic ring is 1. The number of ether oxygens (including phenoxy) is 1. The number of methoxy groups -OCH3 is 1. The molecule has 1 heterocycles. The Bertz CT molecular complexity index is 682. The molecular formula is C18H20ClFN2O. The zero-order valence-corrected chi connectivity index (χ0v) is 13.8. The Morgan fingerprint density at radius 2 is 1.83 bits per heavy atom. The van der Waals surface area contributed by atoms with Crippen LogP contribution < -0.4 is 15.4 Å². The van der Waals surface area contributed by atoms with Crippen LogP contribution in [0.25, 0.3) is 0 Å². The molecule has 0 atom stereocenters. The van der Waals surface area contributed by atoms with E-state index in [1.54, 1.807) is 13.2 Å². The number of nitrogens with two attached hydrogens (primary N) is 1. The number of rotatable bonds is 3. The van der Waals surface area contributed by atoms with E-state index in [0.717, 1.165) is 31.0 Å². The van der Waals surface area contributed by atoms with E-state index < -0.39 is 0 Å². The van der Waals surface area contributed by atoms with E-state index >= 15 is 0 Å². The standard InChI is InChI=1S/C18H20ClFN2O/c1-23-18-11-17(15(20)10-16(18)21)22-8-6-13(7-9-22)12-2-4-14(19)5-3-12/h2-5,10-11,13H,6-9,21H2,1H3. The number of piperidine rings is 1. The first-order valence-corrected chi connectivity index (χ1v) is 8.09. The van der Waals surface area contributed by atoms with E-state index in [1.807, 2.05) is 12.1 Å². The fraction of sp³-hybridized carbons (Fsp3) is 0.333. The van der Waals surface area contributed by atoms with E-state index in [4.69, 9.17) is 22.1 Å². The Morgan fingerprint density at radius 1 is 1.17 bits per heavy atom. The second kappa shape index (κ2) is 6.67. The monoisotopic (exact) mass is 334 g/mol. The fourth-order valence-corrected chi connectivity index (χ4v) is 3.29. The maximum absolute atomic E-state index is 14.2. The smallest absolute Gasteiger partial charge is 0.148 e. The summed E-state index contributed by atoms with van der Waals surface area (Å²) in [4.78, 5) is 2.06. The van der Waals surface area contributed by atoms with Crippen LogP contribution in [-0.4, -0.2) is 20.2 Å². The van der Waals surface area contributed by atoms with Crippen molar-refractivity contribution >= 4 is 23.0 Å². The Morgan fingerprint density at radius 3 is 2.43 bits per heavy atom. The molecule has 3 rings (SSSR count). The second-order valence-electron chi connectivity index (χ2n) is 5.86. The quantitative estimate of drug-likeness (QED) is 0.842. The summed E-state index contributed by atoms with van der Waals surface area (Å²) in [6.45, 7) is 1.61. The molecule has 3 nitrogen and oxygen atoms in total. The van der Waals surface area contributed by atoms with Crippen LogP contribution in [0.15, 0.2) is 36.4 Å². The molecule has 0 unspecified atom stereocenters. The minimum Gasteiger partial charge on any atom is -0.495 e. The normalized spacial score (nSPS) is 15.7. The van der Waals surface area contributed by atoms with Crippen molar-refractivity contribution in [2.45, 2.75) is 18.8 Å². The molecule has 0 aliphatic carbocycles. The molecule has 2 aromatic carbocycles. The van der Waals surface area contributed by atoms with E-state index in [-0.39, 0.29) is 5.82 Å². The van der Waals surface area contributed by atoms with Crippen LogP contribution in [0.4, 0.5) is 15.8 Å². The molecule has 1 aliphatic heterocycles. The second-order valence-corrected chi connectivity index (χ2v) is 6.29. The largest absolute Gasteiger partial charge is 0.495 e. The molecule has 23 heavy (non-hydrogen) atoms. The lowest BCUT2D eigenvalue weighted by Crippen LogP contribution is -2.33. The van der Waals surface area contributed by atoms with Crippen LogP contribution in [-0.2, 0) is 0 Å². The Kier molecular flexibility index (Phi) is 4.62. The van der Waals surface area contributed by atoms with Crippen molar-refractivity contribution in [3.63, 3.8) is 0 Å². The van der Waals surface area contributed by atoms with Crippen LogP contribution in [0.2, 0.25) is 5.02 Å². The summed E-state index contributed by atoms with van der Waals surface area (Å²) in [5, 5.41) is 0.752. The highest BCUT2D eigenvalue weighted by Crippen LogP contribution is 2.35. The lowest BCUT2D eigenvalue weighted by molar-refractivity contribution is 0.415. The molecule has 1 aliphatic rings. The first kappa shape index (κ1) is 15.9. The molecule has 5 heteroatoms. The fourth-order valence-electron chi connectivity index (χ4n) is 3.17. The summed E-state index contributed by atoms with van der Waals surface area (Å²) < 4.78 is 19.4. The van der Waals surface area contributed by atoms with Crippen LogP contribution in [0.5, 0.6) is 5.75 Å². The highest BCUT2D eigenvalue weighted by molar-refractivity contribution is 6.30. The average molecular weight is 335 g/mol. The maximum atomic E-state index is 14.2. The lowest BCUT2D eigenvalue weighted by atomic mass is 9.89. The van der Waals surface area contributed by atoms with Crippen molar-refractivity contribution in [3.8, 4) is 5.75 Å².